The molecule has 6 heteroatoms. The molecule has 0 unspecified atom stereocenters. The van der Waals surface area contributed by atoms with Crippen LogP contribution < -0.4 is 5.32 Å². The van der Waals surface area contributed by atoms with Crippen LogP contribution in [0.4, 0.5) is 4.39 Å². The lowest BCUT2D eigenvalue weighted by molar-refractivity contribution is -0.127. The van der Waals surface area contributed by atoms with E-state index < -0.39 is 6.04 Å². The molecule has 2 amide bonds. The van der Waals surface area contributed by atoms with Crippen molar-refractivity contribution in [1.29, 1.82) is 0 Å². The van der Waals surface area contributed by atoms with Crippen LogP contribution in [0.15, 0.2) is 30.3 Å². The molecule has 0 saturated carbocycles. The summed E-state index contributed by atoms with van der Waals surface area (Å²) < 4.78 is 13.1. The van der Waals surface area contributed by atoms with Gasteiger partial charge in [0.25, 0.3) is 5.91 Å². The smallest absolute Gasteiger partial charge is 0.264 e. The first-order valence-corrected chi connectivity index (χ1v) is 8.24. The molecule has 120 valence electrons. The highest BCUT2D eigenvalue weighted by atomic mass is 32.1. The lowest BCUT2D eigenvalue weighted by atomic mass is 10.1. The van der Waals surface area contributed by atoms with Crippen LogP contribution >= 0.6 is 11.3 Å². The summed E-state index contributed by atoms with van der Waals surface area (Å²) in [7, 11) is 0. The summed E-state index contributed by atoms with van der Waals surface area (Å²) in [4.78, 5) is 27.6. The van der Waals surface area contributed by atoms with Crippen LogP contribution in [-0.2, 0) is 4.79 Å². The maximum Gasteiger partial charge on any atom is 0.264 e. The molecule has 1 aliphatic heterocycles. The summed E-state index contributed by atoms with van der Waals surface area (Å²) in [5, 5.41) is 2.75. The Hall–Kier alpha value is -2.21. The number of amides is 2. The fourth-order valence-electron chi connectivity index (χ4n) is 2.70. The van der Waals surface area contributed by atoms with Crippen molar-refractivity contribution < 1.29 is 14.0 Å². The number of carbonyl (C=O) groups is 2. The number of hydrogen-bond donors (Lipinski definition) is 1. The van der Waals surface area contributed by atoms with Crippen LogP contribution in [0.1, 0.15) is 21.5 Å². The van der Waals surface area contributed by atoms with E-state index in [0.29, 0.717) is 18.0 Å². The third-order valence-electron chi connectivity index (χ3n) is 4.04. The zero-order chi connectivity index (χ0) is 16.6. The largest absolute Gasteiger partial charge is 0.353 e. The van der Waals surface area contributed by atoms with E-state index in [4.69, 9.17) is 0 Å². The molecule has 1 aliphatic rings. The van der Waals surface area contributed by atoms with Crippen LogP contribution in [0.2, 0.25) is 0 Å². The highest BCUT2D eigenvalue weighted by molar-refractivity contribution is 7.14. The van der Waals surface area contributed by atoms with E-state index in [-0.39, 0.29) is 17.6 Å². The molecule has 1 saturated heterocycles. The second-order valence-electron chi connectivity index (χ2n) is 5.55. The predicted molar refractivity (Wildman–Crippen MR) is 88.0 cm³/mol. The third kappa shape index (κ3) is 2.99. The molecule has 0 spiro atoms. The second-order valence-corrected chi connectivity index (χ2v) is 6.81. The summed E-state index contributed by atoms with van der Waals surface area (Å²) in [5.41, 5.74) is 1.80. The van der Waals surface area contributed by atoms with Crippen molar-refractivity contribution in [1.82, 2.24) is 10.2 Å². The highest BCUT2D eigenvalue weighted by Gasteiger charge is 2.30. The molecule has 23 heavy (non-hydrogen) atoms. The van der Waals surface area contributed by atoms with Gasteiger partial charge < -0.3 is 10.2 Å². The van der Waals surface area contributed by atoms with Crippen molar-refractivity contribution in [3.8, 4) is 11.1 Å². The average molecular weight is 332 g/mol. The zero-order valence-corrected chi connectivity index (χ0v) is 13.7. The van der Waals surface area contributed by atoms with Crippen LogP contribution in [0.25, 0.3) is 11.1 Å². The quantitative estimate of drug-likeness (QED) is 0.919. The number of benzene rings is 1. The van der Waals surface area contributed by atoms with Crippen molar-refractivity contribution in [2.75, 3.05) is 13.1 Å². The maximum atomic E-state index is 13.1. The maximum absolute atomic E-state index is 13.1. The van der Waals surface area contributed by atoms with E-state index in [1.807, 2.05) is 13.0 Å². The summed E-state index contributed by atoms with van der Waals surface area (Å²) in [6.07, 6.45) is 0. The Balaban J connectivity index is 1.89. The number of piperazine rings is 1. The lowest BCUT2D eigenvalue weighted by Crippen LogP contribution is -2.55. The van der Waals surface area contributed by atoms with Gasteiger partial charge in [0.15, 0.2) is 0 Å². The average Bonchev–Trinajstić information content (AvgIpc) is 2.92. The molecule has 1 aromatic carbocycles. The van der Waals surface area contributed by atoms with Crippen LogP contribution in [0.5, 0.6) is 0 Å². The number of nitrogens with one attached hydrogen (secondary N) is 1. The van der Waals surface area contributed by atoms with Gasteiger partial charge in [0.05, 0.1) is 4.88 Å². The number of thiophene rings is 1. The molecule has 1 fully saturated rings. The minimum atomic E-state index is -0.465. The van der Waals surface area contributed by atoms with E-state index in [2.05, 4.69) is 5.32 Å². The zero-order valence-electron chi connectivity index (χ0n) is 12.9. The molecule has 0 aliphatic carbocycles. The Bertz CT molecular complexity index is 754. The Morgan fingerprint density at radius 3 is 2.74 bits per heavy atom. The highest BCUT2D eigenvalue weighted by Crippen LogP contribution is 2.32. The molecule has 1 atom stereocenters. The minimum Gasteiger partial charge on any atom is -0.353 e. The van der Waals surface area contributed by atoms with Crippen molar-refractivity contribution in [2.45, 2.75) is 19.9 Å². The van der Waals surface area contributed by atoms with Gasteiger partial charge in [-0.15, -0.1) is 11.3 Å². The van der Waals surface area contributed by atoms with E-state index >= 15 is 0 Å². The van der Waals surface area contributed by atoms with Crippen molar-refractivity contribution in [3.05, 3.63) is 45.9 Å². The number of nitrogens with zero attached hydrogens (tertiary/aromatic N) is 1. The standard InChI is InChI=1S/C17H17FN2O2S/c1-10-16(21)19-7-8-20(10)17(22)15-9-14(11(2)23-15)12-3-5-13(18)6-4-12/h3-6,9-10H,7-8H2,1-2H3,(H,19,21)/t10-/m0/s1. The van der Waals surface area contributed by atoms with E-state index in [1.165, 1.54) is 23.5 Å². The van der Waals surface area contributed by atoms with Gasteiger partial charge in [-0.05, 0) is 43.2 Å². The molecular weight excluding hydrogens is 315 g/mol. The predicted octanol–water partition coefficient (Wildman–Crippen LogP) is 2.82. The lowest BCUT2D eigenvalue weighted by Gasteiger charge is -2.32. The Morgan fingerprint density at radius 2 is 2.04 bits per heavy atom. The number of hydrogen-bond acceptors (Lipinski definition) is 3. The first-order valence-electron chi connectivity index (χ1n) is 7.42. The van der Waals surface area contributed by atoms with Crippen molar-refractivity contribution in [2.24, 2.45) is 0 Å². The Morgan fingerprint density at radius 1 is 1.35 bits per heavy atom. The molecule has 4 nitrogen and oxygen atoms in total. The van der Waals surface area contributed by atoms with E-state index in [1.54, 1.807) is 24.0 Å². The first kappa shape index (κ1) is 15.7. The molecule has 0 radical (unpaired) electrons. The first-order chi connectivity index (χ1) is 11.0. The fraction of sp³-hybridized carbons (Fsp3) is 0.294. The number of halogens is 1. The van der Waals surface area contributed by atoms with Gasteiger partial charge in [-0.25, -0.2) is 4.39 Å². The fourth-order valence-corrected chi connectivity index (χ4v) is 3.70. The minimum absolute atomic E-state index is 0.128. The van der Waals surface area contributed by atoms with Gasteiger partial charge in [-0.3, -0.25) is 9.59 Å². The summed E-state index contributed by atoms with van der Waals surface area (Å²) in [5.74, 6) is -0.545. The Labute approximate surface area is 137 Å². The summed E-state index contributed by atoms with van der Waals surface area (Å²) >= 11 is 1.40. The van der Waals surface area contributed by atoms with Gasteiger partial charge in [0, 0.05) is 18.0 Å². The molecule has 3 rings (SSSR count). The molecule has 1 N–H and O–H groups in total. The van der Waals surface area contributed by atoms with Gasteiger partial charge in [0.1, 0.15) is 11.9 Å². The van der Waals surface area contributed by atoms with E-state index in [0.717, 1.165) is 16.0 Å². The monoisotopic (exact) mass is 332 g/mol. The summed E-state index contributed by atoms with van der Waals surface area (Å²) in [6, 6.07) is 7.59. The third-order valence-corrected chi connectivity index (χ3v) is 5.08. The van der Waals surface area contributed by atoms with Crippen LogP contribution in [0.3, 0.4) is 0 Å². The summed E-state index contributed by atoms with van der Waals surface area (Å²) in [6.45, 7) is 4.65. The van der Waals surface area contributed by atoms with Gasteiger partial charge in [-0.2, -0.15) is 0 Å². The second kappa shape index (κ2) is 6.12. The molecule has 2 aromatic rings. The molecule has 1 aromatic heterocycles. The SMILES string of the molecule is Cc1sc(C(=O)N2CCNC(=O)[C@@H]2C)cc1-c1ccc(F)cc1. The number of carbonyl (C=O) groups excluding carboxylic acids is 2. The van der Waals surface area contributed by atoms with Crippen LogP contribution in [0, 0.1) is 12.7 Å². The van der Waals surface area contributed by atoms with Gasteiger partial charge in [0.2, 0.25) is 5.91 Å². The number of aryl methyl sites for hydroxylation is 1. The molecule has 0 bridgehead atoms. The Kier molecular flexibility index (Phi) is 4.17. The topological polar surface area (TPSA) is 49.4 Å². The van der Waals surface area contributed by atoms with E-state index in [9.17, 15) is 14.0 Å². The molecular formula is C17H17FN2O2S. The van der Waals surface area contributed by atoms with Crippen molar-refractivity contribution >= 4 is 23.2 Å². The van der Waals surface area contributed by atoms with Crippen LogP contribution in [-0.4, -0.2) is 35.8 Å². The van der Waals surface area contributed by atoms with Gasteiger partial charge >= 0.3 is 0 Å². The normalized spacial score (nSPS) is 18.0. The number of rotatable bonds is 2. The molecule has 2 heterocycles. The van der Waals surface area contributed by atoms with Crippen molar-refractivity contribution in [3.63, 3.8) is 0 Å². The van der Waals surface area contributed by atoms with Gasteiger partial charge in [-0.1, -0.05) is 12.1 Å².